The molecule has 84 valence electrons. The van der Waals surface area contributed by atoms with Crippen LogP contribution in [0.5, 0.6) is 0 Å². The molecule has 1 rings (SSSR count). The Balaban J connectivity index is 1.89. The SMILES string of the molecule is CC1CCC(NCCCCN(C)C)C1. The summed E-state index contributed by atoms with van der Waals surface area (Å²) >= 11 is 0. The first kappa shape index (κ1) is 12.0. The molecule has 1 aliphatic rings. The lowest BCUT2D eigenvalue weighted by molar-refractivity contribution is 0.387. The van der Waals surface area contributed by atoms with Gasteiger partial charge in [0.2, 0.25) is 0 Å². The minimum atomic E-state index is 0.823. The molecule has 14 heavy (non-hydrogen) atoms. The maximum absolute atomic E-state index is 3.67. The van der Waals surface area contributed by atoms with Crippen LogP contribution >= 0.6 is 0 Å². The molecular formula is C12H26N2. The summed E-state index contributed by atoms with van der Waals surface area (Å²) in [4.78, 5) is 2.26. The second-order valence-corrected chi connectivity index (χ2v) is 5.08. The molecule has 1 fully saturated rings. The smallest absolute Gasteiger partial charge is 0.00696 e. The van der Waals surface area contributed by atoms with Gasteiger partial charge in [0.25, 0.3) is 0 Å². The Bertz CT molecular complexity index is 145. The van der Waals surface area contributed by atoms with Gasteiger partial charge in [0.1, 0.15) is 0 Å². The molecule has 1 saturated carbocycles. The summed E-state index contributed by atoms with van der Waals surface area (Å²) in [5.74, 6) is 0.953. The largest absolute Gasteiger partial charge is 0.314 e. The first-order valence-electron chi connectivity index (χ1n) is 6.06. The fourth-order valence-electron chi connectivity index (χ4n) is 2.25. The van der Waals surface area contributed by atoms with Gasteiger partial charge in [-0.25, -0.2) is 0 Å². The molecule has 0 saturated heterocycles. The second-order valence-electron chi connectivity index (χ2n) is 5.08. The standard InChI is InChI=1S/C12H26N2/c1-11-6-7-12(10-11)13-8-4-5-9-14(2)3/h11-13H,4-10H2,1-3H3. The van der Waals surface area contributed by atoms with Crippen LogP contribution < -0.4 is 5.32 Å². The molecule has 0 aromatic heterocycles. The normalized spacial score (nSPS) is 27.4. The van der Waals surface area contributed by atoms with Gasteiger partial charge in [0.05, 0.1) is 0 Å². The number of nitrogens with zero attached hydrogens (tertiary/aromatic N) is 1. The number of unbranched alkanes of at least 4 members (excludes halogenated alkanes) is 1. The summed E-state index contributed by atoms with van der Waals surface area (Å²) in [7, 11) is 4.29. The van der Waals surface area contributed by atoms with E-state index in [4.69, 9.17) is 0 Å². The van der Waals surface area contributed by atoms with Crippen molar-refractivity contribution in [2.45, 2.75) is 45.1 Å². The summed E-state index contributed by atoms with van der Waals surface area (Å²) in [6, 6.07) is 0.823. The van der Waals surface area contributed by atoms with E-state index in [0.717, 1.165) is 12.0 Å². The van der Waals surface area contributed by atoms with Crippen LogP contribution in [0.15, 0.2) is 0 Å². The zero-order chi connectivity index (χ0) is 10.4. The predicted octanol–water partition coefficient (Wildman–Crippen LogP) is 2.11. The zero-order valence-corrected chi connectivity index (χ0v) is 10.1. The molecule has 0 aromatic rings. The van der Waals surface area contributed by atoms with E-state index < -0.39 is 0 Å². The van der Waals surface area contributed by atoms with Crippen molar-refractivity contribution < 1.29 is 0 Å². The molecule has 0 amide bonds. The number of hydrogen-bond acceptors (Lipinski definition) is 2. The highest BCUT2D eigenvalue weighted by atomic mass is 15.0. The molecule has 2 atom stereocenters. The van der Waals surface area contributed by atoms with E-state index in [2.05, 4.69) is 31.2 Å². The van der Waals surface area contributed by atoms with Gasteiger partial charge in [-0.15, -0.1) is 0 Å². The van der Waals surface area contributed by atoms with Crippen molar-refractivity contribution in [3.63, 3.8) is 0 Å². The molecule has 2 nitrogen and oxygen atoms in total. The van der Waals surface area contributed by atoms with E-state index in [9.17, 15) is 0 Å². The Morgan fingerprint density at radius 3 is 2.57 bits per heavy atom. The summed E-state index contributed by atoms with van der Waals surface area (Å²) in [5, 5.41) is 3.67. The molecule has 2 heteroatoms. The fourth-order valence-corrected chi connectivity index (χ4v) is 2.25. The average molecular weight is 198 g/mol. The molecule has 0 radical (unpaired) electrons. The molecule has 0 aliphatic heterocycles. The third-order valence-corrected chi connectivity index (χ3v) is 3.16. The van der Waals surface area contributed by atoms with E-state index in [0.29, 0.717) is 0 Å². The van der Waals surface area contributed by atoms with Gasteiger partial charge in [-0.2, -0.15) is 0 Å². The monoisotopic (exact) mass is 198 g/mol. The maximum Gasteiger partial charge on any atom is 0.00696 e. The average Bonchev–Trinajstić information content (AvgIpc) is 2.50. The third-order valence-electron chi connectivity index (χ3n) is 3.16. The van der Waals surface area contributed by atoms with Crippen LogP contribution in [0, 0.1) is 5.92 Å². The molecule has 2 unspecified atom stereocenters. The van der Waals surface area contributed by atoms with Crippen molar-refractivity contribution in [1.29, 1.82) is 0 Å². The Hall–Kier alpha value is -0.0800. The van der Waals surface area contributed by atoms with Crippen molar-refractivity contribution in [2.24, 2.45) is 5.92 Å². The van der Waals surface area contributed by atoms with Crippen LogP contribution in [0.1, 0.15) is 39.0 Å². The molecule has 0 aromatic carbocycles. The van der Waals surface area contributed by atoms with Gasteiger partial charge in [-0.3, -0.25) is 0 Å². The highest BCUT2D eigenvalue weighted by Gasteiger charge is 2.19. The third kappa shape index (κ3) is 4.97. The maximum atomic E-state index is 3.67. The van der Waals surface area contributed by atoms with Crippen LogP contribution in [0.4, 0.5) is 0 Å². The van der Waals surface area contributed by atoms with Crippen LogP contribution in [-0.4, -0.2) is 38.1 Å². The van der Waals surface area contributed by atoms with Crippen LogP contribution in [0.25, 0.3) is 0 Å². The molecule has 0 heterocycles. The quantitative estimate of drug-likeness (QED) is 0.658. The summed E-state index contributed by atoms with van der Waals surface area (Å²) < 4.78 is 0. The van der Waals surface area contributed by atoms with E-state index in [-0.39, 0.29) is 0 Å². The summed E-state index contributed by atoms with van der Waals surface area (Å²) in [6.07, 6.45) is 6.86. The molecular weight excluding hydrogens is 172 g/mol. The molecule has 1 aliphatic carbocycles. The van der Waals surface area contributed by atoms with Gasteiger partial charge in [0, 0.05) is 6.04 Å². The van der Waals surface area contributed by atoms with Crippen LogP contribution in [-0.2, 0) is 0 Å². The first-order valence-corrected chi connectivity index (χ1v) is 6.06. The van der Waals surface area contributed by atoms with E-state index in [1.54, 1.807) is 0 Å². The zero-order valence-electron chi connectivity index (χ0n) is 10.1. The lowest BCUT2D eigenvalue weighted by Gasteiger charge is -2.13. The summed E-state index contributed by atoms with van der Waals surface area (Å²) in [6.45, 7) is 4.81. The number of rotatable bonds is 6. The Labute approximate surface area is 89.1 Å². The van der Waals surface area contributed by atoms with Crippen molar-refractivity contribution in [3.05, 3.63) is 0 Å². The molecule has 1 N–H and O–H groups in total. The van der Waals surface area contributed by atoms with Crippen molar-refractivity contribution in [1.82, 2.24) is 10.2 Å². The van der Waals surface area contributed by atoms with E-state index >= 15 is 0 Å². The molecule has 0 spiro atoms. The Morgan fingerprint density at radius 2 is 2.00 bits per heavy atom. The van der Waals surface area contributed by atoms with Gasteiger partial charge in [-0.1, -0.05) is 6.92 Å². The van der Waals surface area contributed by atoms with Gasteiger partial charge >= 0.3 is 0 Å². The van der Waals surface area contributed by atoms with Crippen molar-refractivity contribution in [3.8, 4) is 0 Å². The van der Waals surface area contributed by atoms with Gasteiger partial charge in [0.15, 0.2) is 0 Å². The van der Waals surface area contributed by atoms with E-state index in [1.165, 1.54) is 45.2 Å². The minimum Gasteiger partial charge on any atom is -0.314 e. The van der Waals surface area contributed by atoms with Crippen LogP contribution in [0.3, 0.4) is 0 Å². The first-order chi connectivity index (χ1) is 6.68. The lowest BCUT2D eigenvalue weighted by atomic mass is 10.1. The van der Waals surface area contributed by atoms with Crippen LogP contribution in [0.2, 0.25) is 0 Å². The minimum absolute atomic E-state index is 0.823. The fraction of sp³-hybridized carbons (Fsp3) is 1.00. The van der Waals surface area contributed by atoms with E-state index in [1.807, 2.05) is 0 Å². The van der Waals surface area contributed by atoms with Crippen molar-refractivity contribution >= 4 is 0 Å². The second kappa shape index (κ2) is 6.41. The molecule has 0 bridgehead atoms. The topological polar surface area (TPSA) is 15.3 Å². The highest BCUT2D eigenvalue weighted by molar-refractivity contribution is 4.77. The highest BCUT2D eigenvalue weighted by Crippen LogP contribution is 2.24. The number of nitrogens with one attached hydrogen (secondary N) is 1. The Morgan fingerprint density at radius 1 is 1.21 bits per heavy atom. The summed E-state index contributed by atoms with van der Waals surface area (Å²) in [5.41, 5.74) is 0. The van der Waals surface area contributed by atoms with Gasteiger partial charge < -0.3 is 10.2 Å². The predicted molar refractivity (Wildman–Crippen MR) is 62.6 cm³/mol. The number of hydrogen-bond donors (Lipinski definition) is 1. The van der Waals surface area contributed by atoms with Crippen molar-refractivity contribution in [2.75, 3.05) is 27.2 Å². The Kier molecular flexibility index (Phi) is 5.49. The lowest BCUT2D eigenvalue weighted by Crippen LogP contribution is -2.27. The van der Waals surface area contributed by atoms with Gasteiger partial charge in [-0.05, 0) is 65.2 Å².